The van der Waals surface area contributed by atoms with Crippen molar-refractivity contribution in [2.24, 2.45) is 0 Å². The number of aromatic nitrogens is 2. The minimum Gasteiger partial charge on any atom is -0.368 e. The molecule has 1 saturated heterocycles. The molecule has 0 radical (unpaired) electrons. The molecule has 168 valence electrons. The summed E-state index contributed by atoms with van der Waals surface area (Å²) in [5.41, 5.74) is 0.933. The maximum absolute atomic E-state index is 13.1. The Morgan fingerprint density at radius 2 is 1.69 bits per heavy atom. The Labute approximate surface area is 185 Å². The number of aryl methyl sites for hydroxylation is 1. The van der Waals surface area contributed by atoms with E-state index in [0.717, 1.165) is 5.69 Å². The van der Waals surface area contributed by atoms with Crippen molar-refractivity contribution >= 4 is 21.4 Å². The lowest BCUT2D eigenvalue weighted by atomic mass is 10.2. The molecule has 8 nitrogen and oxygen atoms in total. The molecule has 4 rings (SSSR count). The fraction of sp³-hybridized carbons (Fsp3) is 0.318. The quantitative estimate of drug-likeness (QED) is 0.537. The van der Waals surface area contributed by atoms with Crippen LogP contribution in [0.1, 0.15) is 18.1 Å². The maximum atomic E-state index is 13.1. The number of nitrogens with zero attached hydrogens (tertiary/aromatic N) is 4. The van der Waals surface area contributed by atoms with Gasteiger partial charge < -0.3 is 14.3 Å². The lowest BCUT2D eigenvalue weighted by Crippen LogP contribution is -2.48. The fourth-order valence-electron chi connectivity index (χ4n) is 3.57. The summed E-state index contributed by atoms with van der Waals surface area (Å²) in [5, 5.41) is 3.74. The van der Waals surface area contributed by atoms with Crippen molar-refractivity contribution in [2.75, 3.05) is 31.1 Å². The second-order valence-corrected chi connectivity index (χ2v) is 9.51. The van der Waals surface area contributed by atoms with Gasteiger partial charge in [-0.2, -0.15) is 4.98 Å². The Bertz CT molecular complexity index is 1160. The monoisotopic (exact) mass is 458 g/mol. The molecular formula is C22H23FN4O4S. The third-order valence-electron chi connectivity index (χ3n) is 5.31. The van der Waals surface area contributed by atoms with Crippen molar-refractivity contribution in [1.29, 1.82) is 0 Å². The smallest absolute Gasteiger partial charge is 0.227 e. The first-order chi connectivity index (χ1) is 15.4. The van der Waals surface area contributed by atoms with Crippen LogP contribution >= 0.6 is 0 Å². The molecule has 0 aliphatic carbocycles. The van der Waals surface area contributed by atoms with Crippen molar-refractivity contribution in [3.8, 4) is 0 Å². The highest BCUT2D eigenvalue weighted by molar-refractivity contribution is 7.90. The van der Waals surface area contributed by atoms with Gasteiger partial charge >= 0.3 is 0 Å². The number of carbonyl (C=O) groups excluding carboxylic acids is 1. The highest BCUT2D eigenvalue weighted by Crippen LogP contribution is 2.18. The van der Waals surface area contributed by atoms with Crippen LogP contribution < -0.4 is 4.90 Å². The fourth-order valence-corrected chi connectivity index (χ4v) is 4.77. The van der Waals surface area contributed by atoms with Crippen LogP contribution in [0, 0.1) is 5.82 Å². The van der Waals surface area contributed by atoms with Gasteiger partial charge in [0.15, 0.2) is 15.7 Å². The van der Waals surface area contributed by atoms with Crippen molar-refractivity contribution < 1.29 is 22.1 Å². The SMILES string of the molecule is O=C(CCc1nc(CS(=O)(=O)c2ccccc2)no1)N1CCN(c2ccc(F)cc2)CC1. The Morgan fingerprint density at radius 1 is 1.00 bits per heavy atom. The summed E-state index contributed by atoms with van der Waals surface area (Å²) in [6, 6.07) is 14.4. The van der Waals surface area contributed by atoms with E-state index in [0.29, 0.717) is 26.2 Å². The first kappa shape index (κ1) is 21.9. The van der Waals surface area contributed by atoms with E-state index in [-0.39, 0.29) is 46.9 Å². The van der Waals surface area contributed by atoms with Crippen molar-refractivity contribution in [2.45, 2.75) is 23.5 Å². The van der Waals surface area contributed by atoms with Gasteiger partial charge in [0.2, 0.25) is 11.8 Å². The van der Waals surface area contributed by atoms with E-state index in [2.05, 4.69) is 15.0 Å². The molecule has 32 heavy (non-hydrogen) atoms. The van der Waals surface area contributed by atoms with Gasteiger partial charge in [-0.15, -0.1) is 0 Å². The van der Waals surface area contributed by atoms with E-state index < -0.39 is 9.84 Å². The van der Waals surface area contributed by atoms with E-state index in [9.17, 15) is 17.6 Å². The number of benzene rings is 2. The van der Waals surface area contributed by atoms with Crippen molar-refractivity contribution in [1.82, 2.24) is 15.0 Å². The van der Waals surface area contributed by atoms with Crippen LogP contribution in [0.25, 0.3) is 0 Å². The molecule has 2 heterocycles. The summed E-state index contributed by atoms with van der Waals surface area (Å²) in [4.78, 5) is 20.8. The lowest BCUT2D eigenvalue weighted by Gasteiger charge is -2.36. The summed E-state index contributed by atoms with van der Waals surface area (Å²) < 4.78 is 43.1. The molecule has 1 aromatic heterocycles. The Hall–Kier alpha value is -3.27. The van der Waals surface area contributed by atoms with E-state index in [1.165, 1.54) is 24.3 Å². The largest absolute Gasteiger partial charge is 0.368 e. The number of sulfone groups is 1. The van der Waals surface area contributed by atoms with E-state index in [1.807, 2.05) is 0 Å². The average Bonchev–Trinajstić information content (AvgIpc) is 3.25. The predicted molar refractivity (Wildman–Crippen MR) is 115 cm³/mol. The molecule has 0 unspecified atom stereocenters. The van der Waals surface area contributed by atoms with E-state index in [1.54, 1.807) is 35.2 Å². The number of hydrogen-bond acceptors (Lipinski definition) is 7. The lowest BCUT2D eigenvalue weighted by molar-refractivity contribution is -0.131. The topological polar surface area (TPSA) is 96.6 Å². The number of anilines is 1. The van der Waals surface area contributed by atoms with Gasteiger partial charge in [0.25, 0.3) is 0 Å². The van der Waals surface area contributed by atoms with Gasteiger partial charge in [0, 0.05) is 44.7 Å². The number of rotatable bonds is 7. The highest BCUT2D eigenvalue weighted by Gasteiger charge is 2.23. The van der Waals surface area contributed by atoms with Gasteiger partial charge in [-0.3, -0.25) is 4.79 Å². The van der Waals surface area contributed by atoms with Gasteiger partial charge in [0.05, 0.1) is 4.90 Å². The first-order valence-corrected chi connectivity index (χ1v) is 11.9. The molecule has 1 aliphatic heterocycles. The summed E-state index contributed by atoms with van der Waals surface area (Å²) in [6.07, 6.45) is 0.443. The Morgan fingerprint density at radius 3 is 2.38 bits per heavy atom. The van der Waals surface area contributed by atoms with Crippen LogP contribution in [-0.2, 0) is 26.8 Å². The number of hydrogen-bond donors (Lipinski definition) is 0. The second-order valence-electron chi connectivity index (χ2n) is 7.52. The molecule has 1 aliphatic rings. The molecule has 0 bridgehead atoms. The summed E-state index contributed by atoms with van der Waals surface area (Å²) in [5.74, 6) is -0.351. The summed E-state index contributed by atoms with van der Waals surface area (Å²) >= 11 is 0. The number of amides is 1. The van der Waals surface area contributed by atoms with Crippen LogP contribution in [-0.4, -0.2) is 55.5 Å². The molecule has 0 saturated carbocycles. The van der Waals surface area contributed by atoms with E-state index in [4.69, 9.17) is 4.52 Å². The molecule has 3 aromatic rings. The third kappa shape index (κ3) is 5.31. The molecule has 0 spiro atoms. The Kier molecular flexibility index (Phi) is 6.50. The zero-order chi connectivity index (χ0) is 22.6. The molecule has 2 aromatic carbocycles. The highest BCUT2D eigenvalue weighted by atomic mass is 32.2. The van der Waals surface area contributed by atoms with Crippen molar-refractivity contribution in [3.63, 3.8) is 0 Å². The van der Waals surface area contributed by atoms with Crippen LogP contribution in [0.5, 0.6) is 0 Å². The number of halogens is 1. The van der Waals surface area contributed by atoms with Crippen molar-refractivity contribution in [3.05, 3.63) is 72.1 Å². The van der Waals surface area contributed by atoms with Gasteiger partial charge in [-0.25, -0.2) is 12.8 Å². The van der Waals surface area contributed by atoms with Crippen LogP contribution in [0.3, 0.4) is 0 Å². The Balaban J connectivity index is 1.26. The molecule has 0 atom stereocenters. The first-order valence-electron chi connectivity index (χ1n) is 10.3. The zero-order valence-corrected chi connectivity index (χ0v) is 18.2. The summed E-state index contributed by atoms with van der Waals surface area (Å²) in [6.45, 7) is 2.47. The second kappa shape index (κ2) is 9.47. The number of carbonyl (C=O) groups is 1. The van der Waals surface area contributed by atoms with Crippen LogP contribution in [0.15, 0.2) is 64.0 Å². The molecular weight excluding hydrogens is 435 g/mol. The molecule has 10 heteroatoms. The van der Waals surface area contributed by atoms with Crippen LogP contribution in [0.4, 0.5) is 10.1 Å². The van der Waals surface area contributed by atoms with Gasteiger partial charge in [-0.1, -0.05) is 23.4 Å². The third-order valence-corrected chi connectivity index (χ3v) is 6.94. The molecule has 1 amide bonds. The zero-order valence-electron chi connectivity index (χ0n) is 17.4. The van der Waals surface area contributed by atoms with Gasteiger partial charge in [-0.05, 0) is 36.4 Å². The minimum atomic E-state index is -3.56. The normalized spacial score (nSPS) is 14.5. The van der Waals surface area contributed by atoms with Gasteiger partial charge in [0.1, 0.15) is 11.6 Å². The summed E-state index contributed by atoms with van der Waals surface area (Å²) in [7, 11) is -3.56. The molecule has 1 fully saturated rings. The molecule has 0 N–H and O–H groups in total. The van der Waals surface area contributed by atoms with Crippen LogP contribution in [0.2, 0.25) is 0 Å². The number of piperazine rings is 1. The van der Waals surface area contributed by atoms with E-state index >= 15 is 0 Å². The average molecular weight is 459 g/mol. The maximum Gasteiger partial charge on any atom is 0.227 e. The standard InChI is InChI=1S/C22H23FN4O4S/c23-17-6-8-18(9-7-17)26-12-14-27(15-13-26)22(28)11-10-21-24-20(25-31-21)16-32(29,30)19-4-2-1-3-5-19/h1-9H,10-16H2. The predicted octanol–water partition coefficient (Wildman–Crippen LogP) is 2.46. The minimum absolute atomic E-state index is 0.0274.